The van der Waals surface area contributed by atoms with Gasteiger partial charge < -0.3 is 46.9 Å². The third-order valence-electron chi connectivity index (χ3n) is 12.3. The molecular weight excluding hydrogens is 925 g/mol. The first-order valence-electron chi connectivity index (χ1n) is 24.2. The van der Waals surface area contributed by atoms with Gasteiger partial charge in [-0.2, -0.15) is 5.10 Å². The van der Waals surface area contributed by atoms with Gasteiger partial charge in [-0.1, -0.05) is 38.5 Å². The Hall–Kier alpha value is -8.01. The van der Waals surface area contributed by atoms with Crippen LogP contribution in [-0.2, 0) is 41.9 Å². The molecule has 22 nitrogen and oxygen atoms in total. The first kappa shape index (κ1) is 51.8. The number of pyridine rings is 2. The van der Waals surface area contributed by atoms with Gasteiger partial charge in [0.15, 0.2) is 5.65 Å². The van der Waals surface area contributed by atoms with E-state index in [0.29, 0.717) is 62.2 Å². The van der Waals surface area contributed by atoms with Gasteiger partial charge in [-0.15, -0.1) is 0 Å². The number of imide groups is 1. The normalized spacial score (nSPS) is 15.4. The molecule has 4 aromatic heterocycles. The summed E-state index contributed by atoms with van der Waals surface area (Å²) in [4.78, 5) is 109. The number of urea groups is 1. The molecule has 5 aromatic rings. The van der Waals surface area contributed by atoms with Crippen molar-refractivity contribution in [2.75, 3.05) is 31.5 Å². The summed E-state index contributed by atoms with van der Waals surface area (Å²) in [6.45, 7) is 7.34. The highest BCUT2D eigenvalue weighted by molar-refractivity contribution is 6.12. The van der Waals surface area contributed by atoms with E-state index < -0.39 is 36.0 Å². The third kappa shape index (κ3) is 14.3. The summed E-state index contributed by atoms with van der Waals surface area (Å²) in [5.41, 5.74) is 11.1. The van der Waals surface area contributed by atoms with Crippen LogP contribution < -0.4 is 32.3 Å². The Bertz CT molecular complexity index is 2750. The van der Waals surface area contributed by atoms with Crippen LogP contribution in [0.1, 0.15) is 82.3 Å². The summed E-state index contributed by atoms with van der Waals surface area (Å²) in [6, 6.07) is 13.8. The van der Waals surface area contributed by atoms with Crippen molar-refractivity contribution in [2.45, 2.75) is 103 Å². The lowest BCUT2D eigenvalue weighted by molar-refractivity contribution is -0.137. The van der Waals surface area contributed by atoms with Gasteiger partial charge >= 0.3 is 12.1 Å². The second kappa shape index (κ2) is 24.7. The Morgan fingerprint density at radius 1 is 0.931 bits per heavy atom. The van der Waals surface area contributed by atoms with E-state index in [1.165, 1.54) is 18.5 Å². The zero-order valence-electron chi connectivity index (χ0n) is 40.7. The molecule has 1 aromatic carbocycles. The number of primary amides is 1. The first-order chi connectivity index (χ1) is 34.7. The minimum absolute atomic E-state index is 0.000599. The summed E-state index contributed by atoms with van der Waals surface area (Å²) in [6.07, 6.45) is 9.20. The number of ether oxygens (including phenoxy) is 1. The molecule has 380 valence electrons. The number of aryl methyl sites for hydroxylation is 1. The van der Waals surface area contributed by atoms with Crippen molar-refractivity contribution < 1.29 is 38.3 Å². The van der Waals surface area contributed by atoms with Crippen molar-refractivity contribution in [1.29, 1.82) is 0 Å². The average molecular weight is 987 g/mol. The molecule has 0 spiro atoms. The van der Waals surface area contributed by atoms with Gasteiger partial charge in [0.05, 0.1) is 17.9 Å². The fourth-order valence-corrected chi connectivity index (χ4v) is 8.46. The third-order valence-corrected chi connectivity index (χ3v) is 12.3. The highest BCUT2D eigenvalue weighted by atomic mass is 16.6. The van der Waals surface area contributed by atoms with E-state index in [2.05, 4.69) is 41.7 Å². The van der Waals surface area contributed by atoms with Gasteiger partial charge in [-0.25, -0.2) is 24.1 Å². The molecule has 0 aliphatic carbocycles. The highest BCUT2D eigenvalue weighted by Gasteiger charge is 2.30. The quantitative estimate of drug-likeness (QED) is 0.0362. The number of anilines is 1. The number of hydrogen-bond acceptors (Lipinski definition) is 13. The molecule has 8 N–H and O–H groups in total. The van der Waals surface area contributed by atoms with Crippen molar-refractivity contribution in [2.24, 2.45) is 11.7 Å². The number of nitrogens with zero attached hydrogens (tertiary/aromatic N) is 7. The SMILES string of the molecule is Cc1cccc(-c2nc(CNC3CCCN(C(=O)OCc4ccc(NC(=O)[C@H](CCCNC(N)=O)NC(=O)C(NC(=O)CCCCCN5C(=O)C=CC5=O)C(C)C)cc4)C3)[nH]c2-c2ccn3ncnc3c2)n1. The van der Waals surface area contributed by atoms with Gasteiger partial charge in [0.25, 0.3) is 11.8 Å². The van der Waals surface area contributed by atoms with Crippen LogP contribution in [0, 0.1) is 12.8 Å². The lowest BCUT2D eigenvalue weighted by atomic mass is 10.0. The second-order valence-corrected chi connectivity index (χ2v) is 18.2. The van der Waals surface area contributed by atoms with Crippen molar-refractivity contribution >= 4 is 53.0 Å². The Kier molecular flexibility index (Phi) is 17.8. The largest absolute Gasteiger partial charge is 0.445 e. The average Bonchev–Trinajstić information content (AvgIpc) is 4.11. The topological polar surface area (TPSA) is 293 Å². The Morgan fingerprint density at radius 2 is 1.72 bits per heavy atom. The molecule has 7 rings (SSSR count). The monoisotopic (exact) mass is 986 g/mol. The molecule has 0 radical (unpaired) electrons. The number of unbranched alkanes of at least 4 members (excludes halogenated alkanes) is 2. The Morgan fingerprint density at radius 3 is 2.47 bits per heavy atom. The van der Waals surface area contributed by atoms with E-state index >= 15 is 0 Å². The zero-order valence-corrected chi connectivity index (χ0v) is 40.7. The summed E-state index contributed by atoms with van der Waals surface area (Å²) < 4.78 is 7.42. The number of H-pyrrole nitrogens is 1. The van der Waals surface area contributed by atoms with Gasteiger partial charge in [-0.3, -0.25) is 33.9 Å². The van der Waals surface area contributed by atoms with Gasteiger partial charge in [-0.05, 0) is 93.3 Å². The number of rotatable bonds is 23. The van der Waals surface area contributed by atoms with E-state index in [1.807, 2.05) is 43.5 Å². The molecule has 2 unspecified atom stereocenters. The number of imidazole rings is 1. The van der Waals surface area contributed by atoms with Crippen molar-refractivity contribution in [3.05, 3.63) is 96.4 Å². The molecule has 1 fully saturated rings. The molecule has 72 heavy (non-hydrogen) atoms. The molecule has 6 heterocycles. The van der Waals surface area contributed by atoms with Crippen LogP contribution in [0.5, 0.6) is 0 Å². The molecule has 1 saturated heterocycles. The predicted molar refractivity (Wildman–Crippen MR) is 265 cm³/mol. The van der Waals surface area contributed by atoms with Gasteiger partial charge in [0, 0.05) is 73.9 Å². The molecule has 2 aliphatic heterocycles. The maximum Gasteiger partial charge on any atom is 0.410 e. The number of likely N-dealkylation sites (tertiary alicyclic amines) is 1. The number of carbonyl (C=O) groups is 7. The zero-order chi connectivity index (χ0) is 51.1. The fraction of sp³-hybridized carbons (Fsp3) is 0.420. The maximum absolute atomic E-state index is 13.7. The van der Waals surface area contributed by atoms with Crippen LogP contribution in [0.3, 0.4) is 0 Å². The molecule has 0 bridgehead atoms. The molecular formula is C50H62N14O8. The number of nitrogens with two attached hydrogens (primary N) is 1. The van der Waals surface area contributed by atoms with Crippen LogP contribution in [0.2, 0.25) is 0 Å². The fourth-order valence-electron chi connectivity index (χ4n) is 8.46. The first-order valence-corrected chi connectivity index (χ1v) is 24.2. The maximum atomic E-state index is 13.7. The van der Waals surface area contributed by atoms with Crippen molar-refractivity contribution in [3.63, 3.8) is 0 Å². The number of benzene rings is 1. The van der Waals surface area contributed by atoms with Gasteiger partial charge in [0.1, 0.15) is 36.5 Å². The van der Waals surface area contributed by atoms with Crippen molar-refractivity contribution in [3.8, 4) is 22.6 Å². The summed E-state index contributed by atoms with van der Waals surface area (Å²) in [5.74, 6) is -1.73. The summed E-state index contributed by atoms with van der Waals surface area (Å²) >= 11 is 0. The highest BCUT2D eigenvalue weighted by Crippen LogP contribution is 2.30. The Balaban J connectivity index is 0.881. The van der Waals surface area contributed by atoms with E-state index in [-0.39, 0.29) is 62.2 Å². The minimum atomic E-state index is -1.04. The van der Waals surface area contributed by atoms with E-state index in [1.54, 1.807) is 47.5 Å². The number of fused-ring (bicyclic) bond motifs is 1. The molecule has 0 saturated carbocycles. The molecule has 22 heteroatoms. The van der Waals surface area contributed by atoms with Crippen LogP contribution in [0.4, 0.5) is 15.3 Å². The number of hydrogen-bond donors (Lipinski definition) is 7. The van der Waals surface area contributed by atoms with Gasteiger partial charge in [0.2, 0.25) is 17.7 Å². The van der Waals surface area contributed by atoms with E-state index in [9.17, 15) is 33.6 Å². The second-order valence-electron chi connectivity index (χ2n) is 18.2. The van der Waals surface area contributed by atoms with Crippen molar-refractivity contribution in [1.82, 2.24) is 60.6 Å². The van der Waals surface area contributed by atoms with Crippen LogP contribution in [0.15, 0.2) is 79.3 Å². The number of aromatic nitrogens is 6. The van der Waals surface area contributed by atoms with E-state index in [4.69, 9.17) is 20.4 Å². The van der Waals surface area contributed by atoms with Crippen LogP contribution in [0.25, 0.3) is 28.3 Å². The summed E-state index contributed by atoms with van der Waals surface area (Å²) in [7, 11) is 0. The number of piperidine rings is 1. The summed E-state index contributed by atoms with van der Waals surface area (Å²) in [5, 5.41) is 18.7. The lowest BCUT2D eigenvalue weighted by Crippen LogP contribution is -2.54. The standard InChI is InChI=1S/C50H62N14O8/c1-31(2)44(61-41(65)14-5-4-6-24-63-42(66)19-20-43(63)67)48(69)58-38(13-8-22-52-49(51)70)47(68)57-35-17-15-33(16-18-35)29-72-50(71)62-23-9-11-36(28-62)53-27-39-59-45(34-21-25-64-40(26-34)54-30-55-64)46(60-39)37-12-7-10-32(3)56-37/h7,10,12,15-21,25-26,30-31,36,38,44,53H,4-6,8-9,11,13-14,22-24,27-29H2,1-3H3,(H,57,68)(H,58,69)(H,59,60)(H,61,65)(H3,51,52,70)/t36?,38-,44?/m0/s1. The van der Waals surface area contributed by atoms with Crippen LogP contribution >= 0.6 is 0 Å². The number of nitrogens with one attached hydrogen (secondary N) is 6. The Labute approximate surface area is 416 Å². The number of amides is 8. The van der Waals surface area contributed by atoms with E-state index in [0.717, 1.165) is 51.9 Å². The molecule has 8 amide bonds. The number of aromatic amines is 1. The lowest BCUT2D eigenvalue weighted by Gasteiger charge is -2.32. The molecule has 3 atom stereocenters. The van der Waals surface area contributed by atoms with Crippen LogP contribution in [-0.4, -0.2) is 125 Å². The minimum Gasteiger partial charge on any atom is -0.445 e. The molecule has 2 aliphatic rings. The smallest absolute Gasteiger partial charge is 0.410 e. The number of carbonyl (C=O) groups excluding carboxylic acids is 7. The predicted octanol–water partition coefficient (Wildman–Crippen LogP) is 3.88.